The first kappa shape index (κ1) is 19.8. The molecule has 0 aliphatic carbocycles. The molecule has 1 atom stereocenters. The molecule has 2 heterocycles. The van der Waals surface area contributed by atoms with Crippen LogP contribution >= 0.6 is 0 Å². The molecule has 29 heavy (non-hydrogen) atoms. The van der Waals surface area contributed by atoms with Crippen molar-refractivity contribution < 1.29 is 14.3 Å². The fourth-order valence-electron chi connectivity index (χ4n) is 4.54. The van der Waals surface area contributed by atoms with E-state index in [0.29, 0.717) is 12.5 Å². The van der Waals surface area contributed by atoms with E-state index in [4.69, 9.17) is 9.47 Å². The molecule has 1 saturated heterocycles. The Labute approximate surface area is 173 Å². The highest BCUT2D eigenvalue weighted by Gasteiger charge is 2.36. The lowest BCUT2D eigenvalue weighted by Gasteiger charge is -2.42. The van der Waals surface area contributed by atoms with Crippen LogP contribution in [-0.4, -0.2) is 51.3 Å². The van der Waals surface area contributed by atoms with E-state index < -0.39 is 0 Å². The van der Waals surface area contributed by atoms with E-state index in [1.807, 2.05) is 49.3 Å². The number of nitrogens with zero attached hydrogens (tertiary/aromatic N) is 2. The van der Waals surface area contributed by atoms with E-state index >= 15 is 0 Å². The van der Waals surface area contributed by atoms with Gasteiger partial charge < -0.3 is 19.3 Å². The fourth-order valence-corrected chi connectivity index (χ4v) is 4.54. The average Bonchev–Trinajstić information content (AvgIpc) is 2.78. The number of ether oxygens (including phenoxy) is 2. The predicted octanol–water partition coefficient (Wildman–Crippen LogP) is 3.75. The Kier molecular flexibility index (Phi) is 5.76. The number of benzene rings is 2. The van der Waals surface area contributed by atoms with Gasteiger partial charge in [0.05, 0.1) is 7.11 Å². The summed E-state index contributed by atoms with van der Waals surface area (Å²) in [6, 6.07) is 14.3. The zero-order valence-electron chi connectivity index (χ0n) is 17.6. The molecule has 1 unspecified atom stereocenters. The summed E-state index contributed by atoms with van der Waals surface area (Å²) in [4.78, 5) is 17.7. The summed E-state index contributed by atoms with van der Waals surface area (Å²) in [5.41, 5.74) is 4.31. The zero-order chi connectivity index (χ0) is 20.4. The molecule has 0 N–H and O–H groups in total. The van der Waals surface area contributed by atoms with Gasteiger partial charge in [-0.1, -0.05) is 12.1 Å². The molecular formula is C24H30N2O3. The maximum Gasteiger partial charge on any atom is 0.254 e. The molecular weight excluding hydrogens is 364 g/mol. The molecule has 5 nitrogen and oxygen atoms in total. The summed E-state index contributed by atoms with van der Waals surface area (Å²) >= 11 is 0. The first-order valence-electron chi connectivity index (χ1n) is 10.4. The highest BCUT2D eigenvalue weighted by molar-refractivity contribution is 5.95. The minimum Gasteiger partial charge on any atom is -0.497 e. The van der Waals surface area contributed by atoms with Crippen molar-refractivity contribution in [1.29, 1.82) is 0 Å². The van der Waals surface area contributed by atoms with Crippen molar-refractivity contribution in [3.05, 3.63) is 59.2 Å². The van der Waals surface area contributed by atoms with Crippen LogP contribution in [0.3, 0.4) is 0 Å². The topological polar surface area (TPSA) is 42.0 Å². The lowest BCUT2D eigenvalue weighted by atomic mass is 9.82. The number of fused-ring (bicyclic) bond motifs is 1. The highest BCUT2D eigenvalue weighted by Crippen LogP contribution is 2.34. The SMILES string of the molecule is COc1ccc2c(c1)CC(C1CCOCC1)N(C(=O)c1cccc(N(C)C)c1)C2. The van der Waals surface area contributed by atoms with Crippen molar-refractivity contribution >= 4 is 11.6 Å². The molecule has 1 fully saturated rings. The molecule has 0 radical (unpaired) electrons. The van der Waals surface area contributed by atoms with Gasteiger partial charge in [-0.05, 0) is 66.6 Å². The summed E-state index contributed by atoms with van der Waals surface area (Å²) < 4.78 is 11.0. The monoisotopic (exact) mass is 394 g/mol. The lowest BCUT2D eigenvalue weighted by molar-refractivity contribution is 0.0180. The standard InChI is InChI=1S/C24H30N2O3/c1-25(2)21-6-4-5-18(13-21)24(27)26-16-19-7-8-22(28-3)14-20(19)15-23(26)17-9-11-29-12-10-17/h4-8,13-14,17,23H,9-12,15-16H2,1-3H3. The quantitative estimate of drug-likeness (QED) is 0.792. The Morgan fingerprint density at radius 1 is 1.10 bits per heavy atom. The summed E-state index contributed by atoms with van der Waals surface area (Å²) in [5, 5.41) is 0. The van der Waals surface area contributed by atoms with Gasteiger partial charge in [0.2, 0.25) is 0 Å². The van der Waals surface area contributed by atoms with Gasteiger partial charge >= 0.3 is 0 Å². The van der Waals surface area contributed by atoms with Gasteiger partial charge in [-0.15, -0.1) is 0 Å². The minimum absolute atomic E-state index is 0.117. The fraction of sp³-hybridized carbons (Fsp3) is 0.458. The Morgan fingerprint density at radius 2 is 1.90 bits per heavy atom. The number of anilines is 1. The van der Waals surface area contributed by atoms with E-state index in [0.717, 1.165) is 49.5 Å². The molecule has 0 aromatic heterocycles. The van der Waals surface area contributed by atoms with Gasteiger partial charge in [-0.2, -0.15) is 0 Å². The number of rotatable bonds is 4. The number of amides is 1. The second-order valence-electron chi connectivity index (χ2n) is 8.23. The van der Waals surface area contributed by atoms with Crippen LogP contribution in [0.25, 0.3) is 0 Å². The smallest absolute Gasteiger partial charge is 0.254 e. The van der Waals surface area contributed by atoms with Crippen molar-refractivity contribution in [1.82, 2.24) is 4.90 Å². The largest absolute Gasteiger partial charge is 0.497 e. The highest BCUT2D eigenvalue weighted by atomic mass is 16.5. The number of carbonyl (C=O) groups excluding carboxylic acids is 1. The van der Waals surface area contributed by atoms with Crippen LogP contribution in [0.5, 0.6) is 5.75 Å². The van der Waals surface area contributed by atoms with Crippen LogP contribution in [0.2, 0.25) is 0 Å². The lowest BCUT2D eigenvalue weighted by Crippen LogP contribution is -2.49. The molecule has 0 spiro atoms. The average molecular weight is 395 g/mol. The van der Waals surface area contributed by atoms with E-state index in [1.165, 1.54) is 11.1 Å². The number of hydrogen-bond acceptors (Lipinski definition) is 4. The Balaban J connectivity index is 1.68. The van der Waals surface area contributed by atoms with Crippen molar-refractivity contribution in [2.75, 3.05) is 39.3 Å². The van der Waals surface area contributed by atoms with Gasteiger partial charge in [0.1, 0.15) is 5.75 Å². The van der Waals surface area contributed by atoms with Crippen molar-refractivity contribution in [3.8, 4) is 5.75 Å². The van der Waals surface area contributed by atoms with E-state index in [1.54, 1.807) is 7.11 Å². The molecule has 154 valence electrons. The van der Waals surface area contributed by atoms with E-state index in [2.05, 4.69) is 17.0 Å². The summed E-state index contributed by atoms with van der Waals surface area (Å²) in [6.45, 7) is 2.21. The van der Waals surface area contributed by atoms with Gasteiger partial charge in [0.15, 0.2) is 0 Å². The van der Waals surface area contributed by atoms with Crippen LogP contribution in [0.4, 0.5) is 5.69 Å². The molecule has 2 aliphatic rings. The van der Waals surface area contributed by atoms with Crippen molar-refractivity contribution in [2.24, 2.45) is 5.92 Å². The van der Waals surface area contributed by atoms with Gasteiger partial charge in [-0.25, -0.2) is 0 Å². The van der Waals surface area contributed by atoms with Crippen LogP contribution in [0.15, 0.2) is 42.5 Å². The summed E-state index contributed by atoms with van der Waals surface area (Å²) in [5.74, 6) is 1.46. The van der Waals surface area contributed by atoms with Crippen molar-refractivity contribution in [3.63, 3.8) is 0 Å². The third-order valence-corrected chi connectivity index (χ3v) is 6.26. The summed E-state index contributed by atoms with van der Waals surface area (Å²) in [7, 11) is 5.70. The molecule has 0 bridgehead atoms. The Bertz CT molecular complexity index is 874. The van der Waals surface area contributed by atoms with E-state index in [-0.39, 0.29) is 11.9 Å². The van der Waals surface area contributed by atoms with Crippen LogP contribution in [0, 0.1) is 5.92 Å². The second-order valence-corrected chi connectivity index (χ2v) is 8.23. The molecule has 1 amide bonds. The van der Waals surface area contributed by atoms with Gasteiger partial charge in [0, 0.05) is 51.1 Å². The van der Waals surface area contributed by atoms with E-state index in [9.17, 15) is 4.79 Å². The number of hydrogen-bond donors (Lipinski definition) is 0. The normalized spacial score (nSPS) is 19.6. The molecule has 5 heteroatoms. The van der Waals surface area contributed by atoms with Gasteiger partial charge in [-0.3, -0.25) is 4.79 Å². The minimum atomic E-state index is 0.117. The number of methoxy groups -OCH3 is 1. The maximum absolute atomic E-state index is 13.6. The second kappa shape index (κ2) is 8.46. The maximum atomic E-state index is 13.6. The van der Waals surface area contributed by atoms with Gasteiger partial charge in [0.25, 0.3) is 5.91 Å². The first-order valence-corrected chi connectivity index (χ1v) is 10.4. The van der Waals surface area contributed by atoms with Crippen LogP contribution in [-0.2, 0) is 17.7 Å². The van der Waals surface area contributed by atoms with Crippen LogP contribution in [0.1, 0.15) is 34.3 Å². The molecule has 2 aromatic rings. The predicted molar refractivity (Wildman–Crippen MR) is 115 cm³/mol. The third kappa shape index (κ3) is 4.10. The van der Waals surface area contributed by atoms with Crippen molar-refractivity contribution in [2.45, 2.75) is 31.8 Å². The molecule has 4 rings (SSSR count). The Morgan fingerprint density at radius 3 is 2.62 bits per heavy atom. The molecule has 2 aromatic carbocycles. The van der Waals surface area contributed by atoms with Crippen LogP contribution < -0.4 is 9.64 Å². The zero-order valence-corrected chi connectivity index (χ0v) is 17.6. The third-order valence-electron chi connectivity index (χ3n) is 6.26. The molecule has 0 saturated carbocycles. The molecule has 2 aliphatic heterocycles. The number of carbonyl (C=O) groups is 1. The summed E-state index contributed by atoms with van der Waals surface area (Å²) in [6.07, 6.45) is 2.88. The Hall–Kier alpha value is -2.53. The first-order chi connectivity index (χ1) is 14.1.